The van der Waals surface area contributed by atoms with E-state index in [1.54, 1.807) is 28.9 Å². The number of aromatic amines is 1. The SMILES string of the molecule is O=c1[nH]c2ccc(Cl)cc2cc1CNc1ccc2nnnn2c1. The van der Waals surface area contributed by atoms with Gasteiger partial charge in [0.2, 0.25) is 0 Å². The predicted molar refractivity (Wildman–Crippen MR) is 87.7 cm³/mol. The van der Waals surface area contributed by atoms with Crippen LogP contribution in [0.15, 0.2) is 47.4 Å². The van der Waals surface area contributed by atoms with Crippen LogP contribution in [0.25, 0.3) is 16.6 Å². The largest absolute Gasteiger partial charge is 0.380 e. The quantitative estimate of drug-likeness (QED) is 0.603. The molecule has 7 nitrogen and oxygen atoms in total. The zero-order chi connectivity index (χ0) is 15.8. The van der Waals surface area contributed by atoms with Crippen molar-refractivity contribution in [3.8, 4) is 0 Å². The molecule has 0 bridgehead atoms. The van der Waals surface area contributed by atoms with Crippen LogP contribution in [0.4, 0.5) is 5.69 Å². The third-order valence-corrected chi connectivity index (χ3v) is 3.79. The lowest BCUT2D eigenvalue weighted by atomic mass is 10.1. The van der Waals surface area contributed by atoms with Gasteiger partial charge in [0.25, 0.3) is 5.56 Å². The van der Waals surface area contributed by atoms with E-state index in [0.717, 1.165) is 16.6 Å². The van der Waals surface area contributed by atoms with Crippen LogP contribution in [0.5, 0.6) is 0 Å². The monoisotopic (exact) mass is 326 g/mol. The lowest BCUT2D eigenvalue weighted by molar-refractivity contribution is 0.823. The molecule has 3 heterocycles. The predicted octanol–water partition coefficient (Wildman–Crippen LogP) is 2.23. The second kappa shape index (κ2) is 5.36. The number of fused-ring (bicyclic) bond motifs is 2. The summed E-state index contributed by atoms with van der Waals surface area (Å²) in [5.41, 5.74) is 2.73. The van der Waals surface area contributed by atoms with Crippen LogP contribution in [0, 0.1) is 0 Å². The average Bonchev–Trinajstić information content (AvgIpc) is 3.01. The van der Waals surface area contributed by atoms with Crippen molar-refractivity contribution >= 4 is 33.8 Å². The first kappa shape index (κ1) is 13.7. The molecule has 8 heteroatoms. The third-order valence-electron chi connectivity index (χ3n) is 3.56. The fourth-order valence-electron chi connectivity index (χ4n) is 2.40. The van der Waals surface area contributed by atoms with Crippen molar-refractivity contribution in [3.63, 3.8) is 0 Å². The Morgan fingerprint density at radius 2 is 2.13 bits per heavy atom. The van der Waals surface area contributed by atoms with Crippen molar-refractivity contribution in [2.75, 3.05) is 5.32 Å². The number of hydrogen-bond acceptors (Lipinski definition) is 5. The fraction of sp³-hybridized carbons (Fsp3) is 0.0667. The first-order valence-corrected chi connectivity index (χ1v) is 7.30. The maximum absolute atomic E-state index is 12.1. The molecule has 4 aromatic rings. The van der Waals surface area contributed by atoms with Gasteiger partial charge in [-0.1, -0.05) is 11.6 Å². The molecule has 0 saturated carbocycles. The van der Waals surface area contributed by atoms with E-state index in [9.17, 15) is 4.79 Å². The highest BCUT2D eigenvalue weighted by atomic mass is 35.5. The van der Waals surface area contributed by atoms with Gasteiger partial charge in [-0.3, -0.25) is 4.79 Å². The number of tetrazole rings is 1. The van der Waals surface area contributed by atoms with Gasteiger partial charge in [-0.15, -0.1) is 5.10 Å². The van der Waals surface area contributed by atoms with E-state index < -0.39 is 0 Å². The number of benzene rings is 1. The van der Waals surface area contributed by atoms with Gasteiger partial charge in [-0.25, -0.2) is 0 Å². The molecule has 0 aliphatic rings. The summed E-state index contributed by atoms with van der Waals surface area (Å²) in [6.07, 6.45) is 1.77. The zero-order valence-electron chi connectivity index (χ0n) is 11.8. The first-order valence-electron chi connectivity index (χ1n) is 6.92. The number of aromatic nitrogens is 5. The normalized spacial score (nSPS) is 11.2. The summed E-state index contributed by atoms with van der Waals surface area (Å²) in [7, 11) is 0. The van der Waals surface area contributed by atoms with E-state index in [1.807, 2.05) is 18.2 Å². The summed E-state index contributed by atoms with van der Waals surface area (Å²) >= 11 is 6.00. The van der Waals surface area contributed by atoms with Gasteiger partial charge >= 0.3 is 0 Å². The minimum atomic E-state index is -0.129. The number of nitrogens with one attached hydrogen (secondary N) is 2. The molecule has 0 radical (unpaired) electrons. The summed E-state index contributed by atoms with van der Waals surface area (Å²) < 4.78 is 1.56. The number of hydrogen-bond donors (Lipinski definition) is 2. The Morgan fingerprint density at radius 1 is 1.22 bits per heavy atom. The van der Waals surface area contributed by atoms with Crippen molar-refractivity contribution < 1.29 is 0 Å². The third kappa shape index (κ3) is 2.62. The van der Waals surface area contributed by atoms with E-state index >= 15 is 0 Å². The van der Waals surface area contributed by atoms with Gasteiger partial charge in [0.15, 0.2) is 5.65 Å². The van der Waals surface area contributed by atoms with Crippen LogP contribution >= 0.6 is 11.6 Å². The van der Waals surface area contributed by atoms with Gasteiger partial charge in [0.1, 0.15) is 0 Å². The number of pyridine rings is 2. The molecule has 0 amide bonds. The van der Waals surface area contributed by atoms with Gasteiger partial charge in [0.05, 0.1) is 11.9 Å². The van der Waals surface area contributed by atoms with E-state index in [4.69, 9.17) is 11.6 Å². The topological polar surface area (TPSA) is 88.0 Å². The van der Waals surface area contributed by atoms with Gasteiger partial charge in [-0.2, -0.15) is 4.52 Å². The molecule has 2 N–H and O–H groups in total. The van der Waals surface area contributed by atoms with Crippen LogP contribution in [0.1, 0.15) is 5.56 Å². The minimum absolute atomic E-state index is 0.129. The molecule has 0 aliphatic carbocycles. The zero-order valence-corrected chi connectivity index (χ0v) is 12.6. The maximum Gasteiger partial charge on any atom is 0.253 e. The van der Waals surface area contributed by atoms with Gasteiger partial charge in [0, 0.05) is 28.0 Å². The number of halogens is 1. The molecular formula is C15H11ClN6O. The molecule has 0 unspecified atom stereocenters. The molecule has 23 heavy (non-hydrogen) atoms. The molecule has 4 rings (SSSR count). The second-order valence-electron chi connectivity index (χ2n) is 5.11. The molecule has 3 aromatic heterocycles. The Balaban J connectivity index is 1.63. The fourth-order valence-corrected chi connectivity index (χ4v) is 2.58. The van der Waals surface area contributed by atoms with Crippen LogP contribution in [-0.2, 0) is 6.54 Å². The molecule has 114 valence electrons. The Labute approximate surface area is 134 Å². The number of H-pyrrole nitrogens is 1. The molecule has 0 fully saturated rings. The van der Waals surface area contributed by atoms with E-state index in [0.29, 0.717) is 22.8 Å². The van der Waals surface area contributed by atoms with Crippen LogP contribution in [0.3, 0.4) is 0 Å². The van der Waals surface area contributed by atoms with Crippen LogP contribution < -0.4 is 10.9 Å². The van der Waals surface area contributed by atoms with Gasteiger partial charge in [-0.05, 0) is 46.8 Å². The summed E-state index contributed by atoms with van der Waals surface area (Å²) in [6.45, 7) is 0.380. The molecule has 1 aromatic carbocycles. The Kier molecular flexibility index (Phi) is 3.20. The van der Waals surface area contributed by atoms with Crippen molar-refractivity contribution in [3.05, 3.63) is 63.5 Å². The van der Waals surface area contributed by atoms with Crippen LogP contribution in [-0.4, -0.2) is 25.0 Å². The standard InChI is InChI=1S/C15H11ClN6O/c16-11-1-3-13-9(6-11)5-10(15(23)18-13)7-17-12-2-4-14-19-20-21-22(14)8-12/h1-6,8,17H,7H2,(H,18,23). The highest BCUT2D eigenvalue weighted by molar-refractivity contribution is 6.31. The Hall–Kier alpha value is -2.93. The molecule has 0 atom stereocenters. The molecule has 0 spiro atoms. The van der Waals surface area contributed by atoms with Crippen LogP contribution in [0.2, 0.25) is 5.02 Å². The molecule has 0 saturated heterocycles. The second-order valence-corrected chi connectivity index (χ2v) is 5.54. The van der Waals surface area contributed by atoms with Crippen molar-refractivity contribution in [2.24, 2.45) is 0 Å². The molecule has 0 aliphatic heterocycles. The van der Waals surface area contributed by atoms with E-state index in [1.165, 1.54) is 0 Å². The minimum Gasteiger partial charge on any atom is -0.380 e. The highest BCUT2D eigenvalue weighted by Crippen LogP contribution is 2.17. The van der Waals surface area contributed by atoms with Crippen molar-refractivity contribution in [2.45, 2.75) is 6.54 Å². The highest BCUT2D eigenvalue weighted by Gasteiger charge is 2.05. The first-order chi connectivity index (χ1) is 11.2. The van der Waals surface area contributed by atoms with Crippen molar-refractivity contribution in [1.29, 1.82) is 0 Å². The summed E-state index contributed by atoms with van der Waals surface area (Å²) in [5, 5.41) is 16.0. The number of anilines is 1. The Morgan fingerprint density at radius 3 is 3.04 bits per heavy atom. The summed E-state index contributed by atoms with van der Waals surface area (Å²) in [6, 6.07) is 10.9. The van der Waals surface area contributed by atoms with E-state index in [2.05, 4.69) is 25.8 Å². The summed E-state index contributed by atoms with van der Waals surface area (Å²) in [5.74, 6) is 0. The Bertz CT molecular complexity index is 1070. The molecular weight excluding hydrogens is 316 g/mol. The number of nitrogens with zero attached hydrogens (tertiary/aromatic N) is 4. The smallest absolute Gasteiger partial charge is 0.253 e. The van der Waals surface area contributed by atoms with Gasteiger partial charge < -0.3 is 10.3 Å². The lowest BCUT2D eigenvalue weighted by Crippen LogP contribution is -2.15. The van der Waals surface area contributed by atoms with Crippen molar-refractivity contribution in [1.82, 2.24) is 25.0 Å². The average molecular weight is 327 g/mol. The summed E-state index contributed by atoms with van der Waals surface area (Å²) in [4.78, 5) is 15.0. The maximum atomic E-state index is 12.1. The van der Waals surface area contributed by atoms with E-state index in [-0.39, 0.29) is 5.56 Å². The number of rotatable bonds is 3. The lowest BCUT2D eigenvalue weighted by Gasteiger charge is -2.07.